The van der Waals surface area contributed by atoms with Gasteiger partial charge in [0.15, 0.2) is 5.82 Å². The fraction of sp³-hybridized carbons (Fsp3) is 0.667. The van der Waals surface area contributed by atoms with Crippen LogP contribution in [0.15, 0.2) is 4.52 Å². The lowest BCUT2D eigenvalue weighted by molar-refractivity contribution is -0.137. The SMILES string of the molecule is CC(O)C(C)NC(=O)NCc1nc([C@@H](N)CCC(=O)O)no1. The lowest BCUT2D eigenvalue weighted by Crippen LogP contribution is -2.45. The molecular weight excluding hydrogens is 294 g/mol. The van der Waals surface area contributed by atoms with Gasteiger partial charge in [0.05, 0.1) is 24.7 Å². The molecular formula is C12H21N5O5. The molecule has 0 saturated heterocycles. The van der Waals surface area contributed by atoms with Crippen LogP contribution in [0.1, 0.15) is 44.4 Å². The smallest absolute Gasteiger partial charge is 0.315 e. The molecule has 22 heavy (non-hydrogen) atoms. The number of aliphatic hydroxyl groups is 1. The fourth-order valence-electron chi connectivity index (χ4n) is 1.43. The van der Waals surface area contributed by atoms with E-state index >= 15 is 0 Å². The zero-order valence-electron chi connectivity index (χ0n) is 12.4. The molecule has 10 nitrogen and oxygen atoms in total. The predicted octanol–water partition coefficient (Wildman–Crippen LogP) is -0.497. The average Bonchev–Trinajstić information content (AvgIpc) is 2.91. The highest BCUT2D eigenvalue weighted by Crippen LogP contribution is 2.12. The summed E-state index contributed by atoms with van der Waals surface area (Å²) in [6.45, 7) is 3.22. The van der Waals surface area contributed by atoms with E-state index in [1.54, 1.807) is 13.8 Å². The zero-order valence-corrected chi connectivity index (χ0v) is 12.4. The first kappa shape index (κ1) is 17.9. The number of hydrogen-bond acceptors (Lipinski definition) is 7. The van der Waals surface area contributed by atoms with E-state index in [1.165, 1.54) is 0 Å². The molecule has 1 rings (SSSR count). The molecule has 2 unspecified atom stereocenters. The first-order valence-corrected chi connectivity index (χ1v) is 6.82. The van der Waals surface area contributed by atoms with Gasteiger partial charge in [-0.05, 0) is 20.3 Å². The Morgan fingerprint density at radius 3 is 2.68 bits per heavy atom. The number of rotatable bonds is 8. The molecule has 124 valence electrons. The minimum Gasteiger partial charge on any atom is -0.481 e. The number of carboxylic acid groups (broad SMARTS) is 1. The van der Waals surface area contributed by atoms with Crippen LogP contribution in [0.5, 0.6) is 0 Å². The number of aliphatic hydroxyl groups excluding tert-OH is 1. The first-order valence-electron chi connectivity index (χ1n) is 6.82. The van der Waals surface area contributed by atoms with Crippen LogP contribution >= 0.6 is 0 Å². The molecule has 0 spiro atoms. The lowest BCUT2D eigenvalue weighted by Gasteiger charge is -2.16. The summed E-state index contributed by atoms with van der Waals surface area (Å²) < 4.78 is 4.92. The molecule has 0 aromatic carbocycles. The summed E-state index contributed by atoms with van der Waals surface area (Å²) in [5.74, 6) is -0.610. The van der Waals surface area contributed by atoms with Crippen LogP contribution in [-0.4, -0.2) is 44.5 Å². The standard InChI is InChI=1S/C12H21N5O5/c1-6(7(2)18)15-12(21)14-5-9-16-11(17-22-9)8(13)3-4-10(19)20/h6-8,18H,3-5,13H2,1-2H3,(H,19,20)(H2,14,15,21)/t6?,7?,8-/m0/s1. The van der Waals surface area contributed by atoms with Crippen molar-refractivity contribution in [1.82, 2.24) is 20.8 Å². The first-order chi connectivity index (χ1) is 10.3. The summed E-state index contributed by atoms with van der Waals surface area (Å²) in [6, 6.07) is -1.52. The van der Waals surface area contributed by atoms with Crippen LogP contribution in [-0.2, 0) is 11.3 Å². The van der Waals surface area contributed by atoms with Gasteiger partial charge in [-0.3, -0.25) is 4.79 Å². The van der Waals surface area contributed by atoms with Crippen molar-refractivity contribution in [2.24, 2.45) is 5.73 Å². The third-order valence-corrected chi connectivity index (χ3v) is 2.97. The Morgan fingerprint density at radius 1 is 1.41 bits per heavy atom. The van der Waals surface area contributed by atoms with E-state index in [0.29, 0.717) is 0 Å². The quantitative estimate of drug-likeness (QED) is 0.428. The van der Waals surface area contributed by atoms with Gasteiger partial charge in [0, 0.05) is 6.42 Å². The van der Waals surface area contributed by atoms with Gasteiger partial charge in [0.25, 0.3) is 0 Å². The van der Waals surface area contributed by atoms with Gasteiger partial charge in [-0.15, -0.1) is 0 Å². The number of carboxylic acids is 1. The summed E-state index contributed by atoms with van der Waals surface area (Å²) in [5, 5.41) is 26.5. The minimum absolute atomic E-state index is 0.00296. The van der Waals surface area contributed by atoms with Crippen molar-refractivity contribution >= 4 is 12.0 Å². The Bertz CT molecular complexity index is 504. The van der Waals surface area contributed by atoms with Crippen molar-refractivity contribution in [2.45, 2.75) is 51.4 Å². The van der Waals surface area contributed by atoms with Crippen molar-refractivity contribution in [2.75, 3.05) is 0 Å². The number of carbonyl (C=O) groups excluding carboxylic acids is 1. The van der Waals surface area contributed by atoms with Crippen LogP contribution in [0.3, 0.4) is 0 Å². The van der Waals surface area contributed by atoms with Gasteiger partial charge in [-0.1, -0.05) is 5.16 Å². The van der Waals surface area contributed by atoms with E-state index in [0.717, 1.165) is 0 Å². The molecule has 0 aliphatic carbocycles. The average molecular weight is 315 g/mol. The highest BCUT2D eigenvalue weighted by Gasteiger charge is 2.16. The van der Waals surface area contributed by atoms with Gasteiger partial charge in [0.1, 0.15) is 0 Å². The van der Waals surface area contributed by atoms with E-state index in [-0.39, 0.29) is 31.1 Å². The highest BCUT2D eigenvalue weighted by molar-refractivity contribution is 5.74. The van der Waals surface area contributed by atoms with E-state index in [2.05, 4.69) is 20.8 Å². The third-order valence-electron chi connectivity index (χ3n) is 2.97. The summed E-state index contributed by atoms with van der Waals surface area (Å²) in [7, 11) is 0. The van der Waals surface area contributed by atoms with Crippen LogP contribution < -0.4 is 16.4 Å². The maximum absolute atomic E-state index is 11.5. The van der Waals surface area contributed by atoms with Gasteiger partial charge in [0.2, 0.25) is 5.89 Å². The van der Waals surface area contributed by atoms with Crippen molar-refractivity contribution in [3.63, 3.8) is 0 Å². The van der Waals surface area contributed by atoms with Crippen molar-refractivity contribution in [3.8, 4) is 0 Å². The second-order valence-electron chi connectivity index (χ2n) is 4.94. The van der Waals surface area contributed by atoms with E-state index < -0.39 is 30.2 Å². The van der Waals surface area contributed by atoms with E-state index in [9.17, 15) is 14.7 Å². The number of nitrogens with zero attached hydrogens (tertiary/aromatic N) is 2. The largest absolute Gasteiger partial charge is 0.481 e. The number of aromatic nitrogens is 2. The minimum atomic E-state index is -0.954. The number of nitrogens with two attached hydrogens (primary N) is 1. The molecule has 0 aliphatic rings. The number of aliphatic carboxylic acids is 1. The molecule has 0 bridgehead atoms. The molecule has 0 fully saturated rings. The Labute approximate surface area is 127 Å². The summed E-state index contributed by atoms with van der Waals surface area (Å²) in [4.78, 5) is 26.0. The maximum Gasteiger partial charge on any atom is 0.315 e. The van der Waals surface area contributed by atoms with Gasteiger partial charge < -0.3 is 31.1 Å². The Morgan fingerprint density at radius 2 is 2.09 bits per heavy atom. The van der Waals surface area contributed by atoms with Crippen molar-refractivity contribution < 1.29 is 24.3 Å². The molecule has 6 N–H and O–H groups in total. The van der Waals surface area contributed by atoms with Crippen LogP contribution in [0.2, 0.25) is 0 Å². The van der Waals surface area contributed by atoms with E-state index in [4.69, 9.17) is 15.4 Å². The van der Waals surface area contributed by atoms with Gasteiger partial charge in [-0.2, -0.15) is 4.98 Å². The Balaban J connectivity index is 2.41. The monoisotopic (exact) mass is 315 g/mol. The van der Waals surface area contributed by atoms with Crippen molar-refractivity contribution in [3.05, 3.63) is 11.7 Å². The van der Waals surface area contributed by atoms with Gasteiger partial charge in [-0.25, -0.2) is 4.79 Å². The molecule has 1 heterocycles. The second-order valence-corrected chi connectivity index (χ2v) is 4.94. The molecule has 3 atom stereocenters. The van der Waals surface area contributed by atoms with Gasteiger partial charge >= 0.3 is 12.0 Å². The Hall–Kier alpha value is -2.20. The zero-order chi connectivity index (χ0) is 16.7. The molecule has 10 heteroatoms. The second kappa shape index (κ2) is 8.29. The van der Waals surface area contributed by atoms with E-state index in [1.807, 2.05) is 0 Å². The topological polar surface area (TPSA) is 164 Å². The van der Waals surface area contributed by atoms with Crippen LogP contribution in [0, 0.1) is 0 Å². The molecule has 1 aromatic rings. The predicted molar refractivity (Wildman–Crippen MR) is 74.6 cm³/mol. The molecule has 0 radical (unpaired) electrons. The normalized spacial score (nSPS) is 14.9. The molecule has 0 aliphatic heterocycles. The molecule has 2 amide bonds. The summed E-state index contributed by atoms with van der Waals surface area (Å²) in [6.07, 6.45) is -0.579. The number of hydrogen-bond donors (Lipinski definition) is 5. The molecule has 1 aromatic heterocycles. The van der Waals surface area contributed by atoms with Crippen LogP contribution in [0.25, 0.3) is 0 Å². The molecule has 0 saturated carbocycles. The number of amides is 2. The number of nitrogens with one attached hydrogen (secondary N) is 2. The summed E-state index contributed by atoms with van der Waals surface area (Å²) in [5.41, 5.74) is 5.74. The number of urea groups is 1. The van der Waals surface area contributed by atoms with Crippen LogP contribution in [0.4, 0.5) is 4.79 Å². The highest BCUT2D eigenvalue weighted by atomic mass is 16.5. The number of carbonyl (C=O) groups is 2. The maximum atomic E-state index is 11.5. The van der Waals surface area contributed by atoms with Crippen molar-refractivity contribution in [1.29, 1.82) is 0 Å². The fourth-order valence-corrected chi connectivity index (χ4v) is 1.43. The Kier molecular flexibility index (Phi) is 6.73. The lowest BCUT2D eigenvalue weighted by atomic mass is 10.1. The summed E-state index contributed by atoms with van der Waals surface area (Å²) >= 11 is 0. The third kappa shape index (κ3) is 6.06.